The Bertz CT molecular complexity index is 552. The Morgan fingerprint density at radius 1 is 1.12 bits per heavy atom. The van der Waals surface area contributed by atoms with E-state index >= 15 is 0 Å². The maximum Gasteiger partial charge on any atom is 0.0646 e. The van der Waals surface area contributed by atoms with E-state index < -0.39 is 0 Å². The predicted molar refractivity (Wildman–Crippen MR) is 75.9 cm³/mol. The number of nitrogens with two attached hydrogens (primary N) is 1. The molecule has 2 aromatic carbocycles. The number of hydrogen-bond donors (Lipinski definition) is 1. The molecule has 0 aliphatic rings. The fourth-order valence-corrected chi connectivity index (χ4v) is 2.87. The molecule has 88 valence electrons. The van der Waals surface area contributed by atoms with Gasteiger partial charge in [-0.1, -0.05) is 41.1 Å². The highest BCUT2D eigenvalue weighted by Crippen LogP contribution is 2.34. The van der Waals surface area contributed by atoms with Gasteiger partial charge in [0.25, 0.3) is 0 Å². The largest absolute Gasteiger partial charge is 0.398 e. The van der Waals surface area contributed by atoms with Gasteiger partial charge in [-0.3, -0.25) is 0 Å². The monoisotopic (exact) mass is 263 g/mol. The molecule has 0 bridgehead atoms. The van der Waals surface area contributed by atoms with Gasteiger partial charge in [0, 0.05) is 9.79 Å². The molecule has 1 nitrogen and oxygen atoms in total. The van der Waals surface area contributed by atoms with Crippen LogP contribution in [0.3, 0.4) is 0 Å². The molecular formula is C14H14ClNS. The quantitative estimate of drug-likeness (QED) is 0.796. The number of hydrogen-bond acceptors (Lipinski definition) is 2. The van der Waals surface area contributed by atoms with Crippen LogP contribution in [0, 0.1) is 13.8 Å². The van der Waals surface area contributed by atoms with Crippen LogP contribution in [-0.4, -0.2) is 0 Å². The van der Waals surface area contributed by atoms with Crippen LogP contribution in [-0.2, 0) is 0 Å². The third kappa shape index (κ3) is 2.96. The number of halogens is 1. The van der Waals surface area contributed by atoms with Crippen molar-refractivity contribution >= 4 is 29.1 Å². The first kappa shape index (κ1) is 12.3. The SMILES string of the molecule is Cc1cccc(Sc2cc(Cl)c(N)cc2C)c1. The fourth-order valence-electron chi connectivity index (χ4n) is 1.60. The first-order valence-corrected chi connectivity index (χ1v) is 6.56. The van der Waals surface area contributed by atoms with E-state index in [1.807, 2.05) is 19.1 Å². The van der Waals surface area contributed by atoms with Crippen molar-refractivity contribution in [2.45, 2.75) is 23.6 Å². The van der Waals surface area contributed by atoms with Crippen LogP contribution in [0.15, 0.2) is 46.2 Å². The van der Waals surface area contributed by atoms with Gasteiger partial charge in [0.15, 0.2) is 0 Å². The Balaban J connectivity index is 2.33. The number of rotatable bonds is 2. The molecule has 2 rings (SSSR count). The van der Waals surface area contributed by atoms with E-state index in [4.69, 9.17) is 17.3 Å². The van der Waals surface area contributed by atoms with Crippen molar-refractivity contribution < 1.29 is 0 Å². The van der Waals surface area contributed by atoms with E-state index in [0.29, 0.717) is 10.7 Å². The van der Waals surface area contributed by atoms with E-state index in [0.717, 1.165) is 10.5 Å². The van der Waals surface area contributed by atoms with Gasteiger partial charge in [-0.05, 0) is 43.7 Å². The Morgan fingerprint density at radius 2 is 1.88 bits per heavy atom. The van der Waals surface area contributed by atoms with Crippen molar-refractivity contribution in [2.75, 3.05) is 5.73 Å². The molecule has 0 aliphatic heterocycles. The first-order valence-electron chi connectivity index (χ1n) is 5.36. The van der Waals surface area contributed by atoms with Crippen molar-refractivity contribution in [3.63, 3.8) is 0 Å². The molecule has 17 heavy (non-hydrogen) atoms. The van der Waals surface area contributed by atoms with Gasteiger partial charge >= 0.3 is 0 Å². The highest BCUT2D eigenvalue weighted by Gasteiger charge is 2.05. The molecule has 3 heteroatoms. The molecule has 2 N–H and O–H groups in total. The summed E-state index contributed by atoms with van der Waals surface area (Å²) in [6.45, 7) is 4.14. The molecule has 0 radical (unpaired) electrons. The van der Waals surface area contributed by atoms with Crippen LogP contribution < -0.4 is 5.73 Å². The average Bonchev–Trinajstić information content (AvgIpc) is 2.26. The maximum absolute atomic E-state index is 6.04. The standard InChI is InChI=1S/C14H14ClNS/c1-9-4-3-5-11(6-9)17-14-8-12(15)13(16)7-10(14)2/h3-8H,16H2,1-2H3. The number of benzene rings is 2. The lowest BCUT2D eigenvalue weighted by molar-refractivity contribution is 1.29. The zero-order chi connectivity index (χ0) is 12.4. The molecule has 0 saturated carbocycles. The molecule has 0 fully saturated rings. The van der Waals surface area contributed by atoms with Gasteiger partial charge in [-0.2, -0.15) is 0 Å². The van der Waals surface area contributed by atoms with Crippen LogP contribution in [0.1, 0.15) is 11.1 Å². The van der Waals surface area contributed by atoms with Gasteiger partial charge < -0.3 is 5.73 Å². The highest BCUT2D eigenvalue weighted by atomic mass is 35.5. The molecular weight excluding hydrogens is 250 g/mol. The summed E-state index contributed by atoms with van der Waals surface area (Å²) in [5.41, 5.74) is 8.81. The van der Waals surface area contributed by atoms with E-state index in [1.54, 1.807) is 11.8 Å². The number of anilines is 1. The molecule has 0 aliphatic carbocycles. The molecule has 2 aromatic rings. The second-order valence-electron chi connectivity index (χ2n) is 4.06. The van der Waals surface area contributed by atoms with Crippen LogP contribution in [0.2, 0.25) is 5.02 Å². The van der Waals surface area contributed by atoms with E-state index in [1.165, 1.54) is 10.5 Å². The highest BCUT2D eigenvalue weighted by molar-refractivity contribution is 7.99. The molecule has 0 unspecified atom stereocenters. The van der Waals surface area contributed by atoms with Gasteiger partial charge in [0.05, 0.1) is 10.7 Å². The Hall–Kier alpha value is -1.12. The van der Waals surface area contributed by atoms with Gasteiger partial charge in [0.2, 0.25) is 0 Å². The number of nitrogen functional groups attached to an aromatic ring is 1. The Morgan fingerprint density at radius 3 is 2.59 bits per heavy atom. The fraction of sp³-hybridized carbons (Fsp3) is 0.143. The van der Waals surface area contributed by atoms with Crippen LogP contribution in [0.25, 0.3) is 0 Å². The zero-order valence-corrected chi connectivity index (χ0v) is 11.4. The summed E-state index contributed by atoms with van der Waals surface area (Å²) in [6.07, 6.45) is 0. The van der Waals surface area contributed by atoms with Crippen molar-refractivity contribution in [1.82, 2.24) is 0 Å². The minimum Gasteiger partial charge on any atom is -0.398 e. The summed E-state index contributed by atoms with van der Waals surface area (Å²) in [6, 6.07) is 12.3. The topological polar surface area (TPSA) is 26.0 Å². The summed E-state index contributed by atoms with van der Waals surface area (Å²) in [5.74, 6) is 0. The van der Waals surface area contributed by atoms with Crippen LogP contribution in [0.5, 0.6) is 0 Å². The molecule has 0 atom stereocenters. The van der Waals surface area contributed by atoms with Gasteiger partial charge in [0.1, 0.15) is 0 Å². The zero-order valence-electron chi connectivity index (χ0n) is 9.83. The lowest BCUT2D eigenvalue weighted by Crippen LogP contribution is -1.89. The lowest BCUT2D eigenvalue weighted by atomic mass is 10.2. The summed E-state index contributed by atoms with van der Waals surface area (Å²) >= 11 is 7.76. The van der Waals surface area contributed by atoms with Crippen molar-refractivity contribution in [3.8, 4) is 0 Å². The minimum absolute atomic E-state index is 0.616. The molecule has 0 saturated heterocycles. The second kappa shape index (κ2) is 5.03. The number of aryl methyl sites for hydroxylation is 2. The third-order valence-electron chi connectivity index (χ3n) is 2.51. The minimum atomic E-state index is 0.616. The van der Waals surface area contributed by atoms with E-state index in [9.17, 15) is 0 Å². The predicted octanol–water partition coefficient (Wildman–Crippen LogP) is 4.69. The maximum atomic E-state index is 6.04. The molecule has 0 heterocycles. The normalized spacial score (nSPS) is 10.5. The summed E-state index contributed by atoms with van der Waals surface area (Å²) < 4.78 is 0. The van der Waals surface area contributed by atoms with Crippen molar-refractivity contribution in [1.29, 1.82) is 0 Å². The summed E-state index contributed by atoms with van der Waals surface area (Å²) in [5, 5.41) is 0.616. The summed E-state index contributed by atoms with van der Waals surface area (Å²) in [7, 11) is 0. The van der Waals surface area contributed by atoms with Crippen LogP contribution >= 0.6 is 23.4 Å². The Labute approximate surface area is 111 Å². The van der Waals surface area contributed by atoms with Gasteiger partial charge in [-0.25, -0.2) is 0 Å². The lowest BCUT2D eigenvalue weighted by Gasteiger charge is -2.08. The third-order valence-corrected chi connectivity index (χ3v) is 3.99. The second-order valence-corrected chi connectivity index (χ2v) is 5.58. The Kier molecular flexibility index (Phi) is 3.65. The summed E-state index contributed by atoms with van der Waals surface area (Å²) in [4.78, 5) is 2.36. The van der Waals surface area contributed by atoms with E-state index in [2.05, 4.69) is 31.2 Å². The smallest absolute Gasteiger partial charge is 0.0646 e. The molecule has 0 spiro atoms. The van der Waals surface area contributed by atoms with E-state index in [-0.39, 0.29) is 0 Å². The average molecular weight is 264 g/mol. The first-order chi connectivity index (χ1) is 8.06. The van der Waals surface area contributed by atoms with Crippen LogP contribution in [0.4, 0.5) is 5.69 Å². The molecule has 0 aromatic heterocycles. The molecule has 0 amide bonds. The van der Waals surface area contributed by atoms with Crippen molar-refractivity contribution in [2.24, 2.45) is 0 Å². The van der Waals surface area contributed by atoms with Gasteiger partial charge in [-0.15, -0.1) is 0 Å². The van der Waals surface area contributed by atoms with Crippen molar-refractivity contribution in [3.05, 3.63) is 52.5 Å².